The molecule has 0 amide bonds. The van der Waals surface area contributed by atoms with E-state index in [2.05, 4.69) is 37.8 Å². The lowest BCUT2D eigenvalue weighted by Gasteiger charge is -2.38. The van der Waals surface area contributed by atoms with E-state index in [1.54, 1.807) is 6.92 Å². The SMILES string of the molecule is Cc1cc(F)ccc1S(=O)(=O)N1CCN(c2ccccc2C(C)(C)C)CC1. The number of nitrogens with zero attached hydrogens (tertiary/aromatic N) is 2. The molecule has 1 saturated heterocycles. The summed E-state index contributed by atoms with van der Waals surface area (Å²) in [4.78, 5) is 2.44. The van der Waals surface area contributed by atoms with Crippen LogP contribution in [0.1, 0.15) is 31.9 Å². The zero-order chi connectivity index (χ0) is 19.8. The first-order valence-electron chi connectivity index (χ1n) is 9.21. The molecule has 0 saturated carbocycles. The van der Waals surface area contributed by atoms with E-state index in [0.717, 1.165) is 0 Å². The van der Waals surface area contributed by atoms with Crippen molar-refractivity contribution in [3.63, 3.8) is 0 Å². The maximum Gasteiger partial charge on any atom is 0.243 e. The Labute approximate surface area is 161 Å². The summed E-state index contributed by atoms with van der Waals surface area (Å²) in [5, 5.41) is 0. The van der Waals surface area contributed by atoms with Crippen LogP contribution in [0.15, 0.2) is 47.4 Å². The molecule has 0 N–H and O–H groups in total. The summed E-state index contributed by atoms with van der Waals surface area (Å²) >= 11 is 0. The molecule has 1 aliphatic heterocycles. The molecule has 3 rings (SSSR count). The minimum Gasteiger partial charge on any atom is -0.369 e. The van der Waals surface area contributed by atoms with Gasteiger partial charge in [-0.3, -0.25) is 0 Å². The molecular formula is C21H27FN2O2S. The molecular weight excluding hydrogens is 363 g/mol. The summed E-state index contributed by atoms with van der Waals surface area (Å²) in [7, 11) is -3.61. The molecule has 0 radical (unpaired) electrons. The van der Waals surface area contributed by atoms with Crippen molar-refractivity contribution >= 4 is 15.7 Å². The number of benzene rings is 2. The van der Waals surface area contributed by atoms with Gasteiger partial charge in [0.15, 0.2) is 0 Å². The number of para-hydroxylation sites is 1. The van der Waals surface area contributed by atoms with Gasteiger partial charge in [-0.1, -0.05) is 39.0 Å². The summed E-state index contributed by atoms with van der Waals surface area (Å²) < 4.78 is 40.8. The van der Waals surface area contributed by atoms with E-state index in [1.807, 2.05) is 12.1 Å². The van der Waals surface area contributed by atoms with Gasteiger partial charge in [-0.05, 0) is 47.7 Å². The van der Waals surface area contributed by atoms with Crippen LogP contribution in [0.2, 0.25) is 0 Å². The Morgan fingerprint density at radius 2 is 1.59 bits per heavy atom. The number of halogens is 1. The van der Waals surface area contributed by atoms with Gasteiger partial charge in [-0.15, -0.1) is 0 Å². The normalized spacial score (nSPS) is 16.6. The van der Waals surface area contributed by atoms with Crippen LogP contribution < -0.4 is 4.90 Å². The second-order valence-electron chi connectivity index (χ2n) is 8.07. The van der Waals surface area contributed by atoms with Crippen molar-refractivity contribution < 1.29 is 12.8 Å². The zero-order valence-corrected chi connectivity index (χ0v) is 17.2. The Balaban J connectivity index is 1.80. The first-order chi connectivity index (χ1) is 12.6. The van der Waals surface area contributed by atoms with Crippen LogP contribution in [0.4, 0.5) is 10.1 Å². The van der Waals surface area contributed by atoms with Crippen LogP contribution in [0, 0.1) is 12.7 Å². The lowest BCUT2D eigenvalue weighted by Crippen LogP contribution is -2.49. The minimum absolute atomic E-state index is 0.0189. The Kier molecular flexibility index (Phi) is 5.32. The molecule has 6 heteroatoms. The third-order valence-corrected chi connectivity index (χ3v) is 7.11. The molecule has 2 aromatic carbocycles. The highest BCUT2D eigenvalue weighted by Gasteiger charge is 2.31. The molecule has 0 spiro atoms. The van der Waals surface area contributed by atoms with E-state index in [0.29, 0.717) is 31.7 Å². The van der Waals surface area contributed by atoms with Crippen molar-refractivity contribution in [1.29, 1.82) is 0 Å². The molecule has 0 atom stereocenters. The molecule has 2 aromatic rings. The number of hydrogen-bond acceptors (Lipinski definition) is 3. The quantitative estimate of drug-likeness (QED) is 0.797. The number of sulfonamides is 1. The number of aryl methyl sites for hydroxylation is 1. The van der Waals surface area contributed by atoms with Gasteiger partial charge in [0.1, 0.15) is 5.82 Å². The van der Waals surface area contributed by atoms with Crippen molar-refractivity contribution in [3.05, 3.63) is 59.4 Å². The van der Waals surface area contributed by atoms with E-state index in [1.165, 1.54) is 33.8 Å². The van der Waals surface area contributed by atoms with Gasteiger partial charge in [0.05, 0.1) is 4.90 Å². The van der Waals surface area contributed by atoms with Gasteiger partial charge in [-0.25, -0.2) is 12.8 Å². The Bertz CT molecular complexity index is 927. The standard InChI is InChI=1S/C21H27FN2O2S/c1-16-15-17(22)9-10-20(16)27(25,26)24-13-11-23(12-14-24)19-8-6-5-7-18(19)21(2,3)4/h5-10,15H,11-14H2,1-4H3. The molecule has 146 valence electrons. The summed E-state index contributed by atoms with van der Waals surface area (Å²) in [6, 6.07) is 12.1. The minimum atomic E-state index is -3.61. The number of rotatable bonds is 3. The van der Waals surface area contributed by atoms with Crippen molar-refractivity contribution in [2.24, 2.45) is 0 Å². The van der Waals surface area contributed by atoms with E-state index in [-0.39, 0.29) is 10.3 Å². The van der Waals surface area contributed by atoms with E-state index >= 15 is 0 Å². The lowest BCUT2D eigenvalue weighted by atomic mass is 9.85. The summed E-state index contributed by atoms with van der Waals surface area (Å²) in [6.45, 7) is 10.3. The van der Waals surface area contributed by atoms with E-state index < -0.39 is 15.8 Å². The molecule has 0 aromatic heterocycles. The largest absolute Gasteiger partial charge is 0.369 e. The lowest BCUT2D eigenvalue weighted by molar-refractivity contribution is 0.383. The van der Waals surface area contributed by atoms with Gasteiger partial charge in [0.2, 0.25) is 10.0 Å². The first-order valence-corrected chi connectivity index (χ1v) is 10.7. The maximum absolute atomic E-state index is 13.3. The first kappa shape index (κ1) is 19.8. The highest BCUT2D eigenvalue weighted by atomic mass is 32.2. The smallest absolute Gasteiger partial charge is 0.243 e. The highest BCUT2D eigenvalue weighted by molar-refractivity contribution is 7.89. The molecule has 4 nitrogen and oxygen atoms in total. The van der Waals surface area contributed by atoms with Gasteiger partial charge < -0.3 is 4.90 Å². The highest BCUT2D eigenvalue weighted by Crippen LogP contribution is 2.33. The predicted molar refractivity (Wildman–Crippen MR) is 107 cm³/mol. The predicted octanol–water partition coefficient (Wildman–Crippen LogP) is 3.94. The third-order valence-electron chi connectivity index (χ3n) is 5.05. The maximum atomic E-state index is 13.3. The summed E-state index contributed by atoms with van der Waals surface area (Å²) in [5.41, 5.74) is 2.89. The summed E-state index contributed by atoms with van der Waals surface area (Å²) in [6.07, 6.45) is 0. The third kappa shape index (κ3) is 4.01. The molecule has 1 heterocycles. The van der Waals surface area contributed by atoms with Gasteiger partial charge in [0, 0.05) is 31.9 Å². The van der Waals surface area contributed by atoms with Gasteiger partial charge in [-0.2, -0.15) is 4.31 Å². The van der Waals surface area contributed by atoms with Crippen LogP contribution in [0.3, 0.4) is 0 Å². The monoisotopic (exact) mass is 390 g/mol. The van der Waals surface area contributed by atoms with E-state index in [9.17, 15) is 12.8 Å². The second-order valence-corrected chi connectivity index (χ2v) is 9.97. The van der Waals surface area contributed by atoms with Crippen LogP contribution in [0.5, 0.6) is 0 Å². The Morgan fingerprint density at radius 3 is 2.19 bits per heavy atom. The number of anilines is 1. The van der Waals surface area contributed by atoms with Crippen LogP contribution in [-0.2, 0) is 15.4 Å². The Hall–Kier alpha value is -1.92. The molecule has 27 heavy (non-hydrogen) atoms. The second kappa shape index (κ2) is 7.24. The fourth-order valence-electron chi connectivity index (χ4n) is 3.59. The van der Waals surface area contributed by atoms with Crippen molar-refractivity contribution in [2.75, 3.05) is 31.1 Å². The molecule has 0 bridgehead atoms. The fraction of sp³-hybridized carbons (Fsp3) is 0.429. The number of piperazine rings is 1. The average molecular weight is 391 g/mol. The van der Waals surface area contributed by atoms with Gasteiger partial charge >= 0.3 is 0 Å². The molecule has 0 aliphatic carbocycles. The van der Waals surface area contributed by atoms with Crippen LogP contribution >= 0.6 is 0 Å². The van der Waals surface area contributed by atoms with Crippen molar-refractivity contribution in [3.8, 4) is 0 Å². The molecule has 1 fully saturated rings. The topological polar surface area (TPSA) is 40.6 Å². The van der Waals surface area contributed by atoms with Crippen LogP contribution in [0.25, 0.3) is 0 Å². The number of hydrogen-bond donors (Lipinski definition) is 0. The average Bonchev–Trinajstić information content (AvgIpc) is 2.61. The fourth-order valence-corrected chi connectivity index (χ4v) is 5.22. The van der Waals surface area contributed by atoms with Crippen molar-refractivity contribution in [1.82, 2.24) is 4.31 Å². The van der Waals surface area contributed by atoms with Crippen LogP contribution in [-0.4, -0.2) is 38.9 Å². The Morgan fingerprint density at radius 1 is 0.963 bits per heavy atom. The van der Waals surface area contributed by atoms with Gasteiger partial charge in [0.25, 0.3) is 0 Å². The molecule has 1 aliphatic rings. The van der Waals surface area contributed by atoms with E-state index in [4.69, 9.17) is 0 Å². The molecule has 0 unspecified atom stereocenters. The van der Waals surface area contributed by atoms with Crippen molar-refractivity contribution in [2.45, 2.75) is 38.0 Å². The zero-order valence-electron chi connectivity index (χ0n) is 16.4. The summed E-state index contributed by atoms with van der Waals surface area (Å²) in [5.74, 6) is -0.421.